The van der Waals surface area contributed by atoms with Crippen molar-refractivity contribution in [3.63, 3.8) is 0 Å². The summed E-state index contributed by atoms with van der Waals surface area (Å²) in [5.41, 5.74) is 0. The molecule has 4 fully saturated rings. The molecular weight excluding hydrogens is 224 g/mol. The molecule has 4 saturated carbocycles. The number of ketones is 1. The summed E-state index contributed by atoms with van der Waals surface area (Å²) in [4.78, 5) is 12.5. The summed E-state index contributed by atoms with van der Waals surface area (Å²) >= 11 is 0. The first kappa shape index (κ1) is 10.8. The van der Waals surface area contributed by atoms with Crippen LogP contribution in [-0.2, 0) is 11.2 Å². The summed E-state index contributed by atoms with van der Waals surface area (Å²) in [5, 5.41) is 0. The maximum atomic E-state index is 12.5. The highest BCUT2D eigenvalue weighted by atomic mass is 16.3. The van der Waals surface area contributed by atoms with Crippen LogP contribution < -0.4 is 0 Å². The molecular formula is C16H20O2. The van der Waals surface area contributed by atoms with Crippen LogP contribution in [0, 0.1) is 29.6 Å². The van der Waals surface area contributed by atoms with Gasteiger partial charge >= 0.3 is 0 Å². The Hall–Kier alpha value is -1.05. The lowest BCUT2D eigenvalue weighted by molar-refractivity contribution is -0.135. The van der Waals surface area contributed by atoms with E-state index in [9.17, 15) is 4.79 Å². The van der Waals surface area contributed by atoms with Crippen molar-refractivity contribution in [2.45, 2.75) is 38.5 Å². The van der Waals surface area contributed by atoms with Gasteiger partial charge in [0.2, 0.25) is 0 Å². The number of rotatable bonds is 3. The van der Waals surface area contributed by atoms with Gasteiger partial charge in [-0.1, -0.05) is 0 Å². The molecule has 0 saturated heterocycles. The highest BCUT2D eigenvalue weighted by Gasteiger charge is 2.50. The Labute approximate surface area is 108 Å². The molecule has 5 rings (SSSR count). The molecule has 1 aromatic heterocycles. The van der Waals surface area contributed by atoms with Crippen LogP contribution in [-0.4, -0.2) is 5.78 Å². The summed E-state index contributed by atoms with van der Waals surface area (Å²) in [6.45, 7) is 0. The van der Waals surface area contributed by atoms with Gasteiger partial charge in [0.05, 0.1) is 12.7 Å². The van der Waals surface area contributed by atoms with Crippen LogP contribution in [0.4, 0.5) is 0 Å². The SMILES string of the molecule is O=C(Cc1ccco1)C1C2CC3CC(C2)CC1C3. The Balaban J connectivity index is 1.52. The quantitative estimate of drug-likeness (QED) is 0.815. The van der Waals surface area contributed by atoms with Crippen molar-refractivity contribution in [2.24, 2.45) is 29.6 Å². The number of carbonyl (C=O) groups is 1. The van der Waals surface area contributed by atoms with Gasteiger partial charge in [-0.3, -0.25) is 4.79 Å². The average Bonchev–Trinajstić information content (AvgIpc) is 2.80. The van der Waals surface area contributed by atoms with E-state index >= 15 is 0 Å². The summed E-state index contributed by atoms with van der Waals surface area (Å²) in [7, 11) is 0. The van der Waals surface area contributed by atoms with Crippen molar-refractivity contribution < 1.29 is 9.21 Å². The van der Waals surface area contributed by atoms with Crippen molar-refractivity contribution in [3.05, 3.63) is 24.2 Å². The normalized spacial score (nSPS) is 41.2. The van der Waals surface area contributed by atoms with Gasteiger partial charge in [-0.15, -0.1) is 0 Å². The zero-order valence-corrected chi connectivity index (χ0v) is 10.7. The highest BCUT2D eigenvalue weighted by molar-refractivity contribution is 5.83. The van der Waals surface area contributed by atoms with Crippen LogP contribution in [0.1, 0.15) is 37.9 Å². The van der Waals surface area contributed by atoms with Crippen LogP contribution in [0.5, 0.6) is 0 Å². The van der Waals surface area contributed by atoms with Gasteiger partial charge in [0, 0.05) is 5.92 Å². The van der Waals surface area contributed by atoms with E-state index in [1.807, 2.05) is 12.1 Å². The molecule has 2 heteroatoms. The summed E-state index contributed by atoms with van der Waals surface area (Å²) in [6, 6.07) is 3.80. The molecule has 0 aliphatic heterocycles. The van der Waals surface area contributed by atoms with Crippen LogP contribution in [0.3, 0.4) is 0 Å². The Morgan fingerprint density at radius 1 is 1.11 bits per heavy atom. The molecule has 1 heterocycles. The van der Waals surface area contributed by atoms with Crippen LogP contribution >= 0.6 is 0 Å². The fraction of sp³-hybridized carbons (Fsp3) is 0.688. The van der Waals surface area contributed by atoms with Gasteiger partial charge in [0.25, 0.3) is 0 Å². The number of carbonyl (C=O) groups excluding carboxylic acids is 1. The molecule has 0 aromatic carbocycles. The fourth-order valence-corrected chi connectivity index (χ4v) is 5.15. The molecule has 0 amide bonds. The lowest BCUT2D eigenvalue weighted by Crippen LogP contribution is -2.48. The zero-order valence-electron chi connectivity index (χ0n) is 10.7. The second-order valence-electron chi connectivity index (χ2n) is 6.68. The van der Waals surface area contributed by atoms with E-state index < -0.39 is 0 Å². The number of furan rings is 1. The molecule has 0 atom stereocenters. The second-order valence-corrected chi connectivity index (χ2v) is 6.68. The molecule has 96 valence electrons. The molecule has 2 nitrogen and oxygen atoms in total. The molecule has 4 aliphatic carbocycles. The van der Waals surface area contributed by atoms with Gasteiger partial charge in [-0.2, -0.15) is 0 Å². The van der Waals surface area contributed by atoms with Crippen LogP contribution in [0.15, 0.2) is 22.8 Å². The third kappa shape index (κ3) is 1.65. The first-order valence-corrected chi connectivity index (χ1v) is 7.34. The van der Waals surface area contributed by atoms with E-state index in [-0.39, 0.29) is 0 Å². The van der Waals surface area contributed by atoms with E-state index in [4.69, 9.17) is 4.42 Å². The molecule has 1 aromatic rings. The van der Waals surface area contributed by atoms with Crippen LogP contribution in [0.25, 0.3) is 0 Å². The van der Waals surface area contributed by atoms with Crippen molar-refractivity contribution in [3.8, 4) is 0 Å². The number of Topliss-reactive ketones (excluding diaryl/α,β-unsaturated/α-hetero) is 1. The Morgan fingerprint density at radius 2 is 1.78 bits per heavy atom. The smallest absolute Gasteiger partial charge is 0.144 e. The lowest BCUT2D eigenvalue weighted by Gasteiger charge is -2.53. The summed E-state index contributed by atoms with van der Waals surface area (Å²) < 4.78 is 5.33. The number of hydrogen-bond donors (Lipinski definition) is 0. The maximum absolute atomic E-state index is 12.5. The van der Waals surface area contributed by atoms with E-state index in [1.165, 1.54) is 32.1 Å². The van der Waals surface area contributed by atoms with Crippen molar-refractivity contribution in [1.82, 2.24) is 0 Å². The van der Waals surface area contributed by atoms with Gasteiger partial charge in [-0.25, -0.2) is 0 Å². The van der Waals surface area contributed by atoms with Crippen molar-refractivity contribution >= 4 is 5.78 Å². The molecule has 4 bridgehead atoms. The van der Waals surface area contributed by atoms with Gasteiger partial charge in [0.15, 0.2) is 0 Å². The minimum atomic E-state index is 0.350. The van der Waals surface area contributed by atoms with Gasteiger partial charge in [-0.05, 0) is 67.9 Å². The van der Waals surface area contributed by atoms with Crippen molar-refractivity contribution in [1.29, 1.82) is 0 Å². The first-order valence-electron chi connectivity index (χ1n) is 7.34. The molecule has 0 unspecified atom stereocenters. The predicted molar refractivity (Wildman–Crippen MR) is 68.0 cm³/mol. The zero-order chi connectivity index (χ0) is 12.1. The predicted octanol–water partition coefficient (Wildman–Crippen LogP) is 3.46. The van der Waals surface area contributed by atoms with E-state index in [2.05, 4.69) is 0 Å². The maximum Gasteiger partial charge on any atom is 0.144 e. The van der Waals surface area contributed by atoms with E-state index in [0.29, 0.717) is 30.0 Å². The summed E-state index contributed by atoms with van der Waals surface area (Å²) in [6.07, 6.45) is 8.91. The standard InChI is InChI=1S/C16H20O2/c17-15(9-14-2-1-3-18-14)16-12-5-10-4-11(7-12)8-13(16)6-10/h1-3,10-13,16H,4-9H2. The van der Waals surface area contributed by atoms with E-state index in [1.54, 1.807) is 6.26 Å². The third-order valence-electron chi connectivity index (χ3n) is 5.53. The second kappa shape index (κ2) is 3.97. The van der Waals surface area contributed by atoms with Gasteiger partial charge < -0.3 is 4.42 Å². The van der Waals surface area contributed by atoms with Crippen molar-refractivity contribution in [2.75, 3.05) is 0 Å². The summed E-state index contributed by atoms with van der Waals surface area (Å²) in [5.74, 6) is 4.92. The molecule has 0 N–H and O–H groups in total. The molecule has 4 aliphatic rings. The third-order valence-corrected chi connectivity index (χ3v) is 5.53. The Bertz CT molecular complexity index is 418. The van der Waals surface area contributed by atoms with Crippen LogP contribution in [0.2, 0.25) is 0 Å². The molecule has 0 radical (unpaired) electrons. The number of hydrogen-bond acceptors (Lipinski definition) is 2. The Morgan fingerprint density at radius 3 is 2.33 bits per heavy atom. The largest absolute Gasteiger partial charge is 0.469 e. The minimum Gasteiger partial charge on any atom is -0.469 e. The minimum absolute atomic E-state index is 0.350. The highest BCUT2D eigenvalue weighted by Crippen LogP contribution is 2.56. The molecule has 18 heavy (non-hydrogen) atoms. The van der Waals surface area contributed by atoms with Gasteiger partial charge in [0.1, 0.15) is 11.5 Å². The monoisotopic (exact) mass is 244 g/mol. The Kier molecular flexibility index (Phi) is 2.39. The topological polar surface area (TPSA) is 30.2 Å². The fourth-order valence-electron chi connectivity index (χ4n) is 5.15. The first-order chi connectivity index (χ1) is 8.79. The van der Waals surface area contributed by atoms with E-state index in [0.717, 1.165) is 17.6 Å². The lowest BCUT2D eigenvalue weighted by atomic mass is 9.51. The average molecular weight is 244 g/mol. The molecule has 0 spiro atoms.